The number of amides is 1. The second-order valence-electron chi connectivity index (χ2n) is 6.67. The third kappa shape index (κ3) is 3.74. The summed E-state index contributed by atoms with van der Waals surface area (Å²) in [4.78, 5) is 19.5. The van der Waals surface area contributed by atoms with Crippen molar-refractivity contribution in [3.05, 3.63) is 71.9 Å². The van der Waals surface area contributed by atoms with Crippen molar-refractivity contribution in [2.45, 2.75) is 6.54 Å². The fourth-order valence-corrected chi connectivity index (χ4v) is 3.48. The van der Waals surface area contributed by atoms with E-state index in [4.69, 9.17) is 14.2 Å². The van der Waals surface area contributed by atoms with Crippen LogP contribution in [0.1, 0.15) is 15.9 Å². The predicted octanol–water partition coefficient (Wildman–Crippen LogP) is 3.80. The predicted molar refractivity (Wildman–Crippen MR) is 109 cm³/mol. The lowest BCUT2D eigenvalue weighted by Crippen LogP contribution is -2.32. The molecule has 148 valence electrons. The van der Waals surface area contributed by atoms with Gasteiger partial charge in [-0.05, 0) is 29.3 Å². The average Bonchev–Trinajstić information content (AvgIpc) is 2.93. The molecule has 0 aliphatic carbocycles. The summed E-state index contributed by atoms with van der Waals surface area (Å²) in [6, 6.07) is 17.3. The van der Waals surface area contributed by atoms with Gasteiger partial charge in [0.15, 0.2) is 11.5 Å². The Labute approximate surface area is 169 Å². The Hall–Kier alpha value is -3.54. The summed E-state index contributed by atoms with van der Waals surface area (Å²) in [5.74, 6) is 1.57. The van der Waals surface area contributed by atoms with Crippen LogP contribution < -0.4 is 14.2 Å². The minimum atomic E-state index is -0.0979. The highest BCUT2D eigenvalue weighted by molar-refractivity contribution is 6.03. The number of nitrogens with zero attached hydrogens (tertiary/aromatic N) is 2. The van der Waals surface area contributed by atoms with Crippen molar-refractivity contribution in [1.29, 1.82) is 0 Å². The van der Waals surface area contributed by atoms with Gasteiger partial charge >= 0.3 is 0 Å². The zero-order valence-corrected chi connectivity index (χ0v) is 16.4. The van der Waals surface area contributed by atoms with E-state index in [2.05, 4.69) is 4.98 Å². The summed E-state index contributed by atoms with van der Waals surface area (Å²) in [7, 11) is 3.20. The molecule has 0 saturated heterocycles. The number of rotatable bonds is 5. The van der Waals surface area contributed by atoms with E-state index in [0.29, 0.717) is 42.6 Å². The number of carbonyl (C=O) groups is 1. The number of carbonyl (C=O) groups excluding carboxylic acids is 1. The molecule has 3 aromatic rings. The molecular formula is C23H22N2O4. The largest absolute Gasteiger partial charge is 0.493 e. The number of hydrogen-bond acceptors (Lipinski definition) is 5. The molecule has 1 amide bonds. The standard InChI is InChI=1S/C23H22N2O4/c1-27-19-9-8-16(14-20(19)28-2)15-25-12-13-29-22-21(23(25)26)18(10-11-24-22)17-6-4-3-5-7-17/h3-11,14H,12-13,15H2,1-2H3. The monoisotopic (exact) mass is 390 g/mol. The SMILES string of the molecule is COc1ccc(CN2CCOc3nccc(-c4ccccc4)c3C2=O)cc1OC. The van der Waals surface area contributed by atoms with Crippen molar-refractivity contribution < 1.29 is 19.0 Å². The first kappa shape index (κ1) is 18.8. The Morgan fingerprint density at radius 1 is 1.03 bits per heavy atom. The molecule has 4 rings (SSSR count). The van der Waals surface area contributed by atoms with E-state index < -0.39 is 0 Å². The maximum absolute atomic E-state index is 13.5. The molecule has 0 atom stereocenters. The van der Waals surface area contributed by atoms with Crippen molar-refractivity contribution in [2.75, 3.05) is 27.4 Å². The first-order chi connectivity index (χ1) is 14.2. The summed E-state index contributed by atoms with van der Waals surface area (Å²) in [6.45, 7) is 1.29. The Kier molecular flexibility index (Phi) is 5.33. The van der Waals surface area contributed by atoms with Crippen molar-refractivity contribution in [2.24, 2.45) is 0 Å². The van der Waals surface area contributed by atoms with Crippen molar-refractivity contribution in [3.63, 3.8) is 0 Å². The van der Waals surface area contributed by atoms with Crippen LogP contribution in [0.25, 0.3) is 11.1 Å². The highest BCUT2D eigenvalue weighted by Gasteiger charge is 2.28. The van der Waals surface area contributed by atoms with Crippen LogP contribution in [0.2, 0.25) is 0 Å². The van der Waals surface area contributed by atoms with Gasteiger partial charge in [0.05, 0.1) is 20.8 Å². The highest BCUT2D eigenvalue weighted by atomic mass is 16.5. The molecule has 29 heavy (non-hydrogen) atoms. The third-order valence-electron chi connectivity index (χ3n) is 4.92. The maximum Gasteiger partial charge on any atom is 0.260 e. The van der Waals surface area contributed by atoms with Crippen LogP contribution in [-0.4, -0.2) is 43.2 Å². The zero-order chi connectivity index (χ0) is 20.2. The molecule has 0 radical (unpaired) electrons. The van der Waals surface area contributed by atoms with E-state index >= 15 is 0 Å². The van der Waals surface area contributed by atoms with E-state index in [-0.39, 0.29) is 5.91 Å². The lowest BCUT2D eigenvalue weighted by atomic mass is 10.0. The smallest absolute Gasteiger partial charge is 0.260 e. The van der Waals surface area contributed by atoms with Gasteiger partial charge in [0.2, 0.25) is 5.88 Å². The van der Waals surface area contributed by atoms with Gasteiger partial charge in [-0.15, -0.1) is 0 Å². The number of ether oxygens (including phenoxy) is 3. The molecule has 0 fully saturated rings. The number of fused-ring (bicyclic) bond motifs is 1. The van der Waals surface area contributed by atoms with Crippen LogP contribution in [0.5, 0.6) is 17.4 Å². The molecular weight excluding hydrogens is 368 g/mol. The molecule has 0 N–H and O–H groups in total. The second-order valence-corrected chi connectivity index (χ2v) is 6.67. The van der Waals surface area contributed by atoms with Crippen LogP contribution >= 0.6 is 0 Å². The van der Waals surface area contributed by atoms with Crippen LogP contribution in [-0.2, 0) is 6.54 Å². The highest BCUT2D eigenvalue weighted by Crippen LogP contribution is 2.33. The summed E-state index contributed by atoms with van der Waals surface area (Å²) in [6.07, 6.45) is 1.68. The van der Waals surface area contributed by atoms with Crippen molar-refractivity contribution in [1.82, 2.24) is 9.88 Å². The number of aromatic nitrogens is 1. The zero-order valence-electron chi connectivity index (χ0n) is 16.4. The number of pyridine rings is 1. The Balaban J connectivity index is 1.69. The van der Waals surface area contributed by atoms with Crippen molar-refractivity contribution >= 4 is 5.91 Å². The summed E-state index contributed by atoms with van der Waals surface area (Å²) in [5, 5.41) is 0. The molecule has 0 bridgehead atoms. The van der Waals surface area contributed by atoms with Gasteiger partial charge in [0.25, 0.3) is 5.91 Å². The van der Waals surface area contributed by atoms with Crippen LogP contribution in [0.15, 0.2) is 60.8 Å². The fourth-order valence-electron chi connectivity index (χ4n) is 3.48. The molecule has 0 unspecified atom stereocenters. The first-order valence-corrected chi connectivity index (χ1v) is 9.38. The third-order valence-corrected chi connectivity index (χ3v) is 4.92. The van der Waals surface area contributed by atoms with Gasteiger partial charge in [-0.3, -0.25) is 4.79 Å². The number of benzene rings is 2. The molecule has 1 aliphatic heterocycles. The van der Waals surface area contributed by atoms with Crippen molar-refractivity contribution in [3.8, 4) is 28.5 Å². The van der Waals surface area contributed by atoms with Gasteiger partial charge in [-0.2, -0.15) is 0 Å². The van der Waals surface area contributed by atoms with Crippen LogP contribution in [0.3, 0.4) is 0 Å². The molecule has 1 aliphatic rings. The molecule has 2 heterocycles. The molecule has 0 saturated carbocycles. The molecule has 6 nitrogen and oxygen atoms in total. The second kappa shape index (κ2) is 8.22. The fraction of sp³-hybridized carbons (Fsp3) is 0.217. The normalized spacial score (nSPS) is 13.3. The maximum atomic E-state index is 13.5. The van der Waals surface area contributed by atoms with E-state index in [1.807, 2.05) is 54.6 Å². The Bertz CT molecular complexity index is 1020. The van der Waals surface area contributed by atoms with Gasteiger partial charge in [-0.25, -0.2) is 4.98 Å². The van der Waals surface area contributed by atoms with Gasteiger partial charge in [-0.1, -0.05) is 36.4 Å². The lowest BCUT2D eigenvalue weighted by molar-refractivity contribution is 0.0743. The minimum Gasteiger partial charge on any atom is -0.493 e. The van der Waals surface area contributed by atoms with E-state index in [1.54, 1.807) is 25.3 Å². The summed E-state index contributed by atoms with van der Waals surface area (Å²) >= 11 is 0. The Morgan fingerprint density at radius 3 is 2.59 bits per heavy atom. The van der Waals surface area contributed by atoms with Gasteiger partial charge in [0.1, 0.15) is 12.2 Å². The molecule has 6 heteroatoms. The van der Waals surface area contributed by atoms with E-state index in [9.17, 15) is 4.79 Å². The molecule has 1 aromatic heterocycles. The summed E-state index contributed by atoms with van der Waals surface area (Å²) < 4.78 is 16.5. The lowest BCUT2D eigenvalue weighted by Gasteiger charge is -2.21. The Morgan fingerprint density at radius 2 is 1.83 bits per heavy atom. The first-order valence-electron chi connectivity index (χ1n) is 9.38. The molecule has 0 spiro atoms. The van der Waals surface area contributed by atoms with E-state index in [0.717, 1.165) is 16.7 Å². The molecule has 2 aromatic carbocycles. The van der Waals surface area contributed by atoms with Gasteiger partial charge < -0.3 is 19.1 Å². The van der Waals surface area contributed by atoms with Gasteiger partial charge in [0, 0.05) is 18.3 Å². The van der Waals surface area contributed by atoms with E-state index in [1.165, 1.54) is 0 Å². The summed E-state index contributed by atoms with van der Waals surface area (Å²) in [5.41, 5.74) is 3.22. The van der Waals surface area contributed by atoms with Crippen LogP contribution in [0.4, 0.5) is 0 Å². The quantitative estimate of drug-likeness (QED) is 0.663. The van der Waals surface area contributed by atoms with Crippen LogP contribution in [0, 0.1) is 0 Å². The number of methoxy groups -OCH3 is 2. The number of hydrogen-bond donors (Lipinski definition) is 0. The minimum absolute atomic E-state index is 0.0979. The average molecular weight is 390 g/mol. The topological polar surface area (TPSA) is 60.9 Å².